The molecule has 0 atom stereocenters. The third kappa shape index (κ3) is 10.3. The Bertz CT molecular complexity index is 469. The Morgan fingerprint density at radius 2 is 1.84 bits per heavy atom. The third-order valence-electron chi connectivity index (χ3n) is 3.93. The molecule has 0 spiro atoms. The van der Waals surface area contributed by atoms with Gasteiger partial charge in [-0.3, -0.25) is 9.89 Å². The minimum absolute atomic E-state index is 0. The van der Waals surface area contributed by atoms with E-state index in [4.69, 9.17) is 4.74 Å². The first-order chi connectivity index (χ1) is 11.9. The first-order valence-electron chi connectivity index (χ1n) is 8.81. The van der Waals surface area contributed by atoms with Gasteiger partial charge in [0, 0.05) is 43.9 Å². The maximum absolute atomic E-state index is 5.37. The van der Waals surface area contributed by atoms with Crippen LogP contribution in [0.2, 0.25) is 0 Å². The first kappa shape index (κ1) is 22.5. The van der Waals surface area contributed by atoms with E-state index in [1.54, 1.807) is 0 Å². The van der Waals surface area contributed by atoms with Crippen LogP contribution in [-0.4, -0.2) is 69.6 Å². The summed E-state index contributed by atoms with van der Waals surface area (Å²) >= 11 is 1.86. The number of guanidine groups is 1. The summed E-state index contributed by atoms with van der Waals surface area (Å²) in [5.74, 6) is 1.93. The number of nitrogens with one attached hydrogen (secondary N) is 2. The lowest BCUT2D eigenvalue weighted by molar-refractivity contribution is 0.0372. The lowest BCUT2D eigenvalue weighted by atomic mass is 10.3. The normalized spacial score (nSPS) is 15.5. The fraction of sp³-hybridized carbons (Fsp3) is 0.611. The minimum Gasteiger partial charge on any atom is -0.379 e. The van der Waals surface area contributed by atoms with Crippen molar-refractivity contribution in [1.29, 1.82) is 0 Å². The molecule has 5 nitrogen and oxygen atoms in total. The molecule has 142 valence electrons. The van der Waals surface area contributed by atoms with Crippen molar-refractivity contribution in [3.8, 4) is 0 Å². The van der Waals surface area contributed by atoms with Crippen LogP contribution in [0, 0.1) is 0 Å². The number of halogens is 1. The Labute approximate surface area is 173 Å². The molecule has 25 heavy (non-hydrogen) atoms. The van der Waals surface area contributed by atoms with Gasteiger partial charge >= 0.3 is 0 Å². The fourth-order valence-corrected chi connectivity index (χ4v) is 3.36. The van der Waals surface area contributed by atoms with Crippen molar-refractivity contribution < 1.29 is 4.74 Å². The quantitative estimate of drug-likeness (QED) is 0.188. The number of unbranched alkanes of at least 4 members (excludes halogenated alkanes) is 1. The predicted octanol–water partition coefficient (Wildman–Crippen LogP) is 2.67. The first-order valence-corrected chi connectivity index (χ1v) is 9.79. The average molecular weight is 478 g/mol. The SMILES string of the molecule is CN=C(NCCCCN1CCOCC1)NCCSc1ccccc1.I. The van der Waals surface area contributed by atoms with Crippen LogP contribution in [-0.2, 0) is 4.74 Å². The zero-order valence-corrected chi connectivity index (χ0v) is 18.2. The molecule has 2 rings (SSSR count). The van der Waals surface area contributed by atoms with Gasteiger partial charge in [-0.05, 0) is 31.5 Å². The molecule has 0 aliphatic carbocycles. The van der Waals surface area contributed by atoms with Crippen molar-refractivity contribution in [3.05, 3.63) is 30.3 Å². The summed E-state index contributed by atoms with van der Waals surface area (Å²) < 4.78 is 5.37. The van der Waals surface area contributed by atoms with E-state index < -0.39 is 0 Å². The van der Waals surface area contributed by atoms with Crippen LogP contribution >= 0.6 is 35.7 Å². The molecule has 0 radical (unpaired) electrons. The summed E-state index contributed by atoms with van der Waals surface area (Å²) in [7, 11) is 1.83. The molecule has 7 heteroatoms. The van der Waals surface area contributed by atoms with E-state index in [9.17, 15) is 0 Å². The highest BCUT2D eigenvalue weighted by Crippen LogP contribution is 2.15. The van der Waals surface area contributed by atoms with E-state index in [-0.39, 0.29) is 24.0 Å². The number of nitrogens with zero attached hydrogens (tertiary/aromatic N) is 2. The highest BCUT2D eigenvalue weighted by atomic mass is 127. The van der Waals surface area contributed by atoms with Crippen molar-refractivity contribution in [2.45, 2.75) is 17.7 Å². The van der Waals surface area contributed by atoms with Crippen LogP contribution in [0.1, 0.15) is 12.8 Å². The van der Waals surface area contributed by atoms with Crippen molar-refractivity contribution >= 4 is 41.7 Å². The van der Waals surface area contributed by atoms with Crippen molar-refractivity contribution in [3.63, 3.8) is 0 Å². The van der Waals surface area contributed by atoms with Gasteiger partial charge in [0.25, 0.3) is 0 Å². The number of morpholine rings is 1. The highest BCUT2D eigenvalue weighted by Gasteiger charge is 2.08. The van der Waals surface area contributed by atoms with E-state index in [1.165, 1.54) is 17.9 Å². The number of hydrogen-bond donors (Lipinski definition) is 2. The predicted molar refractivity (Wildman–Crippen MR) is 118 cm³/mol. The Hall–Kier alpha value is -0.510. The van der Waals surface area contributed by atoms with Gasteiger partial charge < -0.3 is 15.4 Å². The number of thioether (sulfide) groups is 1. The van der Waals surface area contributed by atoms with E-state index in [0.29, 0.717) is 0 Å². The molecule has 0 amide bonds. The number of benzene rings is 1. The van der Waals surface area contributed by atoms with E-state index in [0.717, 1.165) is 57.5 Å². The Balaban J connectivity index is 0.00000312. The smallest absolute Gasteiger partial charge is 0.191 e. The van der Waals surface area contributed by atoms with E-state index in [2.05, 4.69) is 44.8 Å². The van der Waals surface area contributed by atoms with Gasteiger partial charge in [-0.1, -0.05) is 18.2 Å². The molecular formula is C18H31IN4OS. The molecular weight excluding hydrogens is 447 g/mol. The summed E-state index contributed by atoms with van der Waals surface area (Å²) in [4.78, 5) is 8.07. The molecule has 0 bridgehead atoms. The largest absolute Gasteiger partial charge is 0.379 e. The lowest BCUT2D eigenvalue weighted by Gasteiger charge is -2.26. The number of ether oxygens (including phenoxy) is 1. The molecule has 1 fully saturated rings. The molecule has 1 saturated heterocycles. The van der Waals surface area contributed by atoms with E-state index in [1.807, 2.05) is 24.9 Å². The van der Waals surface area contributed by atoms with Gasteiger partial charge in [0.15, 0.2) is 5.96 Å². The fourth-order valence-electron chi connectivity index (χ4n) is 2.57. The zero-order chi connectivity index (χ0) is 16.9. The minimum atomic E-state index is 0. The molecule has 1 aliphatic rings. The Morgan fingerprint density at radius 3 is 2.56 bits per heavy atom. The molecule has 0 aromatic heterocycles. The second-order valence-electron chi connectivity index (χ2n) is 5.75. The van der Waals surface area contributed by atoms with Gasteiger partial charge in [-0.15, -0.1) is 35.7 Å². The lowest BCUT2D eigenvalue weighted by Crippen LogP contribution is -2.39. The monoisotopic (exact) mass is 478 g/mol. The summed E-state index contributed by atoms with van der Waals surface area (Å²) in [6, 6.07) is 10.5. The maximum atomic E-state index is 5.37. The van der Waals surface area contributed by atoms with Gasteiger partial charge in [0.2, 0.25) is 0 Å². The molecule has 1 aromatic carbocycles. The van der Waals surface area contributed by atoms with Gasteiger partial charge in [-0.2, -0.15) is 0 Å². The molecule has 1 heterocycles. The Morgan fingerprint density at radius 1 is 1.12 bits per heavy atom. The van der Waals surface area contributed by atoms with Crippen molar-refractivity contribution in [2.75, 3.05) is 58.7 Å². The second-order valence-corrected chi connectivity index (χ2v) is 6.92. The zero-order valence-electron chi connectivity index (χ0n) is 15.1. The topological polar surface area (TPSA) is 48.9 Å². The molecule has 1 aromatic rings. The van der Waals surface area contributed by atoms with Gasteiger partial charge in [0.1, 0.15) is 0 Å². The summed E-state index contributed by atoms with van der Waals surface area (Å²) in [6.07, 6.45) is 2.38. The van der Waals surface area contributed by atoms with Crippen LogP contribution in [0.25, 0.3) is 0 Å². The molecule has 1 aliphatic heterocycles. The molecule has 0 unspecified atom stereocenters. The summed E-state index contributed by atoms with van der Waals surface area (Å²) in [6.45, 7) is 6.98. The van der Waals surface area contributed by atoms with Crippen LogP contribution in [0.3, 0.4) is 0 Å². The Kier molecular flexibility index (Phi) is 13.2. The van der Waals surface area contributed by atoms with Gasteiger partial charge in [0.05, 0.1) is 13.2 Å². The molecule has 0 saturated carbocycles. The average Bonchev–Trinajstić information content (AvgIpc) is 2.65. The van der Waals surface area contributed by atoms with Crippen LogP contribution < -0.4 is 10.6 Å². The van der Waals surface area contributed by atoms with Crippen LogP contribution in [0.15, 0.2) is 40.2 Å². The number of hydrogen-bond acceptors (Lipinski definition) is 4. The third-order valence-corrected chi connectivity index (χ3v) is 4.94. The van der Waals surface area contributed by atoms with Gasteiger partial charge in [-0.25, -0.2) is 0 Å². The summed E-state index contributed by atoms with van der Waals surface area (Å²) in [5, 5.41) is 6.76. The van der Waals surface area contributed by atoms with Crippen LogP contribution in [0.5, 0.6) is 0 Å². The highest BCUT2D eigenvalue weighted by molar-refractivity contribution is 14.0. The standard InChI is InChI=1S/C18H30N4OS.HI/c1-19-18(21-10-16-24-17-7-3-2-4-8-17)20-9-5-6-11-22-12-14-23-15-13-22;/h2-4,7-8H,5-6,9-16H2,1H3,(H2,19,20,21);1H. The maximum Gasteiger partial charge on any atom is 0.191 e. The van der Waals surface area contributed by atoms with Crippen LogP contribution in [0.4, 0.5) is 0 Å². The van der Waals surface area contributed by atoms with E-state index >= 15 is 0 Å². The molecule has 2 N–H and O–H groups in total. The number of rotatable bonds is 9. The summed E-state index contributed by atoms with van der Waals surface area (Å²) in [5.41, 5.74) is 0. The van der Waals surface area contributed by atoms with Crippen molar-refractivity contribution in [1.82, 2.24) is 15.5 Å². The second kappa shape index (κ2) is 14.6. The van der Waals surface area contributed by atoms with Crippen molar-refractivity contribution in [2.24, 2.45) is 4.99 Å². The number of aliphatic imine (C=N–C) groups is 1.